The molecule has 0 aromatic rings. The summed E-state index contributed by atoms with van der Waals surface area (Å²) in [6.45, 7) is 20.7. The Kier molecular flexibility index (Phi) is 9.74. The Labute approximate surface area is 128 Å². The highest BCUT2D eigenvalue weighted by molar-refractivity contribution is 4.74. The van der Waals surface area contributed by atoms with Gasteiger partial charge >= 0.3 is 0 Å². The van der Waals surface area contributed by atoms with Gasteiger partial charge in [-0.25, -0.2) is 0 Å². The zero-order valence-electron chi connectivity index (χ0n) is 15.2. The van der Waals surface area contributed by atoms with Gasteiger partial charge in [-0.15, -0.1) is 0 Å². The van der Waals surface area contributed by atoms with E-state index in [4.69, 9.17) is 5.73 Å². The van der Waals surface area contributed by atoms with E-state index in [0.717, 1.165) is 18.4 Å². The van der Waals surface area contributed by atoms with Crippen LogP contribution in [0.25, 0.3) is 0 Å². The van der Waals surface area contributed by atoms with Gasteiger partial charge in [-0.2, -0.15) is 0 Å². The van der Waals surface area contributed by atoms with E-state index >= 15 is 0 Å². The van der Waals surface area contributed by atoms with Gasteiger partial charge in [-0.3, -0.25) is 0 Å². The largest absolute Gasteiger partial charge is 0.330 e. The number of nitrogens with two attached hydrogens (primary N) is 1. The normalized spacial score (nSPS) is 14.6. The van der Waals surface area contributed by atoms with Crippen LogP contribution in [0.15, 0.2) is 0 Å². The van der Waals surface area contributed by atoms with Crippen molar-refractivity contribution < 1.29 is 0 Å². The number of nitrogens with zero attached hydrogens (tertiary/aromatic N) is 1. The van der Waals surface area contributed by atoms with Crippen LogP contribution in [0.2, 0.25) is 0 Å². The lowest BCUT2D eigenvalue weighted by molar-refractivity contribution is 0.180. The van der Waals surface area contributed by atoms with Gasteiger partial charge in [0.25, 0.3) is 0 Å². The quantitative estimate of drug-likeness (QED) is 0.644. The Hall–Kier alpha value is -0.0800. The molecule has 122 valence electrons. The molecule has 0 rings (SSSR count). The topological polar surface area (TPSA) is 29.3 Å². The van der Waals surface area contributed by atoms with Crippen molar-refractivity contribution in [1.29, 1.82) is 0 Å². The van der Waals surface area contributed by atoms with Crippen LogP contribution in [0.4, 0.5) is 0 Å². The fourth-order valence-corrected chi connectivity index (χ4v) is 2.63. The van der Waals surface area contributed by atoms with Crippen LogP contribution >= 0.6 is 0 Å². The van der Waals surface area contributed by atoms with Crippen molar-refractivity contribution >= 4 is 0 Å². The van der Waals surface area contributed by atoms with E-state index < -0.39 is 0 Å². The predicted molar refractivity (Wildman–Crippen MR) is 92.0 cm³/mol. The summed E-state index contributed by atoms with van der Waals surface area (Å²) in [4.78, 5) is 2.66. The molecule has 0 bridgehead atoms. The van der Waals surface area contributed by atoms with Crippen LogP contribution in [0, 0.1) is 23.2 Å². The summed E-state index contributed by atoms with van der Waals surface area (Å²) in [5.41, 5.74) is 6.39. The first-order valence-corrected chi connectivity index (χ1v) is 8.56. The second kappa shape index (κ2) is 9.78. The Morgan fingerprint density at radius 2 is 1.35 bits per heavy atom. The highest BCUT2D eigenvalue weighted by atomic mass is 15.1. The third-order valence-corrected chi connectivity index (χ3v) is 3.80. The van der Waals surface area contributed by atoms with Gasteiger partial charge in [0.1, 0.15) is 0 Å². The first-order chi connectivity index (χ1) is 9.14. The van der Waals surface area contributed by atoms with Crippen LogP contribution in [0.3, 0.4) is 0 Å². The zero-order chi connectivity index (χ0) is 15.8. The molecule has 0 aliphatic carbocycles. The van der Waals surface area contributed by atoms with E-state index in [1.54, 1.807) is 0 Å². The summed E-state index contributed by atoms with van der Waals surface area (Å²) in [6, 6.07) is 0. The minimum atomic E-state index is 0.381. The fraction of sp³-hybridized carbons (Fsp3) is 1.00. The summed E-state index contributed by atoms with van der Waals surface area (Å²) >= 11 is 0. The van der Waals surface area contributed by atoms with Gasteiger partial charge in [0.2, 0.25) is 0 Å². The molecule has 0 aliphatic heterocycles. The lowest BCUT2D eigenvalue weighted by atomic mass is 9.84. The summed E-state index contributed by atoms with van der Waals surface area (Å²) in [5, 5.41) is 0. The maximum absolute atomic E-state index is 6.01. The highest BCUT2D eigenvalue weighted by Crippen LogP contribution is 2.24. The first-order valence-electron chi connectivity index (χ1n) is 8.56. The standard InChI is InChI=1S/C18H40N2/c1-15(2)8-10-20(11-9-16(3)4)14-17(13-19)12-18(5,6)7/h15-17H,8-14,19H2,1-7H3. The van der Waals surface area contributed by atoms with Crippen LogP contribution in [0.5, 0.6) is 0 Å². The zero-order valence-corrected chi connectivity index (χ0v) is 15.2. The summed E-state index contributed by atoms with van der Waals surface area (Å²) < 4.78 is 0. The molecule has 0 aromatic carbocycles. The molecule has 0 amide bonds. The maximum atomic E-state index is 6.01. The van der Waals surface area contributed by atoms with Crippen LogP contribution in [-0.2, 0) is 0 Å². The van der Waals surface area contributed by atoms with Crippen LogP contribution < -0.4 is 5.73 Å². The minimum absolute atomic E-state index is 0.381. The molecule has 0 radical (unpaired) electrons. The molecule has 0 saturated carbocycles. The smallest absolute Gasteiger partial charge is 0.00219 e. The van der Waals surface area contributed by atoms with Crippen molar-refractivity contribution in [2.24, 2.45) is 28.9 Å². The molecule has 1 unspecified atom stereocenters. The SMILES string of the molecule is CC(C)CCN(CCC(C)C)CC(CN)CC(C)(C)C. The van der Waals surface area contributed by atoms with Gasteiger partial charge < -0.3 is 10.6 Å². The van der Waals surface area contributed by atoms with Crippen molar-refractivity contribution in [3.63, 3.8) is 0 Å². The van der Waals surface area contributed by atoms with E-state index in [-0.39, 0.29) is 0 Å². The van der Waals surface area contributed by atoms with E-state index in [1.165, 1.54) is 38.9 Å². The molecular weight excluding hydrogens is 244 g/mol. The summed E-state index contributed by atoms with van der Waals surface area (Å²) in [7, 11) is 0. The number of hydrogen-bond acceptors (Lipinski definition) is 2. The third kappa shape index (κ3) is 11.7. The van der Waals surface area contributed by atoms with Gasteiger partial charge in [0, 0.05) is 6.54 Å². The lowest BCUT2D eigenvalue weighted by Crippen LogP contribution is -2.37. The van der Waals surface area contributed by atoms with E-state index in [9.17, 15) is 0 Å². The third-order valence-electron chi connectivity index (χ3n) is 3.80. The van der Waals surface area contributed by atoms with E-state index in [1.807, 2.05) is 0 Å². The Bertz CT molecular complexity index is 216. The van der Waals surface area contributed by atoms with Crippen LogP contribution in [-0.4, -0.2) is 31.1 Å². The molecule has 0 saturated heterocycles. The molecule has 2 heteroatoms. The molecule has 1 atom stereocenters. The molecule has 0 aromatic heterocycles. The van der Waals surface area contributed by atoms with Crippen LogP contribution in [0.1, 0.15) is 67.7 Å². The van der Waals surface area contributed by atoms with Crippen molar-refractivity contribution in [2.75, 3.05) is 26.2 Å². The summed E-state index contributed by atoms with van der Waals surface area (Å²) in [6.07, 6.45) is 3.82. The van der Waals surface area contributed by atoms with Gasteiger partial charge in [0.05, 0.1) is 0 Å². The maximum Gasteiger partial charge on any atom is 0.00219 e. The lowest BCUT2D eigenvalue weighted by Gasteiger charge is -2.31. The molecular formula is C18H40N2. The first kappa shape index (κ1) is 19.9. The predicted octanol–water partition coefficient (Wildman–Crippen LogP) is 4.39. The van der Waals surface area contributed by atoms with E-state index in [0.29, 0.717) is 11.3 Å². The molecule has 0 heterocycles. The Balaban J connectivity index is 4.41. The van der Waals surface area contributed by atoms with Crippen molar-refractivity contribution in [2.45, 2.75) is 67.7 Å². The average Bonchev–Trinajstić information content (AvgIpc) is 2.29. The van der Waals surface area contributed by atoms with Gasteiger partial charge in [-0.05, 0) is 62.1 Å². The van der Waals surface area contributed by atoms with Gasteiger partial charge in [-0.1, -0.05) is 48.5 Å². The molecule has 2 nitrogen and oxygen atoms in total. The molecule has 20 heavy (non-hydrogen) atoms. The Morgan fingerprint density at radius 3 is 1.65 bits per heavy atom. The Morgan fingerprint density at radius 1 is 0.900 bits per heavy atom. The van der Waals surface area contributed by atoms with Gasteiger partial charge in [0.15, 0.2) is 0 Å². The molecule has 0 fully saturated rings. The highest BCUT2D eigenvalue weighted by Gasteiger charge is 2.20. The molecule has 0 spiro atoms. The fourth-order valence-electron chi connectivity index (χ4n) is 2.63. The van der Waals surface area contributed by atoms with Crippen molar-refractivity contribution in [3.05, 3.63) is 0 Å². The number of hydrogen-bond donors (Lipinski definition) is 1. The summed E-state index contributed by atoms with van der Waals surface area (Å²) in [5.74, 6) is 2.21. The average molecular weight is 285 g/mol. The molecule has 0 aliphatic rings. The van der Waals surface area contributed by atoms with E-state index in [2.05, 4.69) is 53.4 Å². The molecule has 2 N–H and O–H groups in total. The van der Waals surface area contributed by atoms with Crippen molar-refractivity contribution in [1.82, 2.24) is 4.90 Å². The number of rotatable bonds is 10. The second-order valence-electron chi connectivity index (χ2n) is 8.53. The second-order valence-corrected chi connectivity index (χ2v) is 8.53. The van der Waals surface area contributed by atoms with Crippen molar-refractivity contribution in [3.8, 4) is 0 Å². The monoisotopic (exact) mass is 284 g/mol. The minimum Gasteiger partial charge on any atom is -0.330 e.